The number of piperidine rings is 1. The molecule has 1 aliphatic carbocycles. The number of nitrogens with zero attached hydrogens (tertiary/aromatic N) is 1. The molecule has 4 aliphatic rings. The average Bonchev–Trinajstić information content (AvgIpc) is 3.32. The molecule has 2 bridgehead atoms. The summed E-state index contributed by atoms with van der Waals surface area (Å²) in [4.78, 5) is 58.2. The van der Waals surface area contributed by atoms with Gasteiger partial charge in [0, 0.05) is 58.5 Å². The van der Waals surface area contributed by atoms with Gasteiger partial charge in [0.15, 0.2) is 12.0 Å². The van der Waals surface area contributed by atoms with Crippen molar-refractivity contribution in [1.29, 1.82) is 0 Å². The molecule has 1 unspecified atom stereocenters. The van der Waals surface area contributed by atoms with Crippen molar-refractivity contribution in [3.8, 4) is 0 Å². The number of hydrogen-bond donors (Lipinski definition) is 4. The molecule has 0 aromatic rings. The fourth-order valence-corrected chi connectivity index (χ4v) is 10.6. The second kappa shape index (κ2) is 27.6. The van der Waals surface area contributed by atoms with E-state index < -0.39 is 78.1 Å². The highest BCUT2D eigenvalue weighted by Crippen LogP contribution is 2.38. The summed E-state index contributed by atoms with van der Waals surface area (Å²) >= 11 is 0. The van der Waals surface area contributed by atoms with Gasteiger partial charge in [0.1, 0.15) is 30.1 Å². The Kier molecular flexibility index (Phi) is 23.4. The number of carbonyl (C=O) groups excluding carboxylic acids is 4. The van der Waals surface area contributed by atoms with Crippen molar-refractivity contribution in [1.82, 2.24) is 4.90 Å². The molecule has 2 saturated heterocycles. The van der Waals surface area contributed by atoms with Gasteiger partial charge in [-0.1, -0.05) is 77.5 Å². The van der Waals surface area contributed by atoms with Crippen LogP contribution in [0.2, 0.25) is 0 Å². The Labute approximate surface area is 405 Å². The van der Waals surface area contributed by atoms with E-state index in [1.165, 1.54) is 12.0 Å². The number of aliphatic hydroxyl groups is 4. The summed E-state index contributed by atoms with van der Waals surface area (Å²) in [6.45, 7) is 13.1. The third-order valence-electron chi connectivity index (χ3n) is 15.0. The Morgan fingerprint density at radius 2 is 1.59 bits per heavy atom. The number of carbonyl (C=O) groups is 4. The second-order valence-electron chi connectivity index (χ2n) is 20.3. The van der Waals surface area contributed by atoms with Gasteiger partial charge in [-0.2, -0.15) is 0 Å². The molecule has 3 aliphatic heterocycles. The van der Waals surface area contributed by atoms with Crippen LogP contribution in [0.25, 0.3) is 0 Å². The van der Waals surface area contributed by atoms with E-state index in [4.69, 9.17) is 28.4 Å². The standard InChI is InChI=1S/C53H85NO14/c1-32-16-12-11-13-17-33(2)44(63-8)30-40-21-19-38(7)53(62,68-40)50(59)51(60)54-23-15-14-18-41(54)52(61)67-45(35(4)28-39-20-22-43(66-25-24-55)46(29-39)64-9)31-42(56)34(3)27-37(6)48(58)49(65-10)47(57)36(5)26-32/h11-13,16-17,27,32,34-36,38-41,43-46,48-49,51,55,58,60,62H,14-15,18-26,28-31H2,1-10H3/b13-11+,16-12+,33-17+,37-27+/t32-,34-,35+,36-,38-,39+,40+,41+,43-,44+,45+,46-,48-,49+,51?,53-/m1/s1. The van der Waals surface area contributed by atoms with Gasteiger partial charge in [-0.3, -0.25) is 24.1 Å². The lowest BCUT2D eigenvalue weighted by molar-refractivity contribution is -0.275. The number of methoxy groups -OCH3 is 3. The van der Waals surface area contributed by atoms with Crippen LogP contribution in [0, 0.1) is 35.5 Å². The molecule has 16 atom stereocenters. The normalized spacial score (nSPS) is 40.5. The van der Waals surface area contributed by atoms with Crippen LogP contribution in [0.15, 0.2) is 47.6 Å². The van der Waals surface area contributed by atoms with Gasteiger partial charge >= 0.3 is 5.97 Å². The number of cyclic esters (lactones) is 1. The van der Waals surface area contributed by atoms with Crippen LogP contribution in [0.5, 0.6) is 0 Å². The third kappa shape index (κ3) is 15.5. The van der Waals surface area contributed by atoms with Gasteiger partial charge in [-0.25, -0.2) is 0 Å². The maximum Gasteiger partial charge on any atom is 0.323 e. The molecule has 4 rings (SSSR count). The predicted octanol–water partition coefficient (Wildman–Crippen LogP) is 5.99. The van der Waals surface area contributed by atoms with E-state index in [1.54, 1.807) is 41.1 Å². The molecule has 386 valence electrons. The smallest absolute Gasteiger partial charge is 0.323 e. The van der Waals surface area contributed by atoms with Crippen molar-refractivity contribution < 1.29 is 68.0 Å². The van der Waals surface area contributed by atoms with E-state index in [2.05, 4.69) is 0 Å². The van der Waals surface area contributed by atoms with Crippen molar-refractivity contribution in [3.63, 3.8) is 0 Å². The zero-order valence-corrected chi connectivity index (χ0v) is 42.5. The van der Waals surface area contributed by atoms with Crippen LogP contribution in [0.3, 0.4) is 0 Å². The largest absolute Gasteiger partial charge is 0.460 e. The van der Waals surface area contributed by atoms with Crippen LogP contribution in [0.4, 0.5) is 0 Å². The fraction of sp³-hybridized carbons (Fsp3) is 0.774. The van der Waals surface area contributed by atoms with Crippen molar-refractivity contribution in [2.24, 2.45) is 35.5 Å². The quantitative estimate of drug-likeness (QED) is 0.155. The molecule has 1 saturated carbocycles. The number of hydrogen-bond acceptors (Lipinski definition) is 15. The topological polar surface area (TPSA) is 208 Å². The maximum absolute atomic E-state index is 14.5. The number of ether oxygens (including phenoxy) is 6. The van der Waals surface area contributed by atoms with E-state index >= 15 is 0 Å². The van der Waals surface area contributed by atoms with Crippen molar-refractivity contribution in [3.05, 3.63) is 47.6 Å². The zero-order chi connectivity index (χ0) is 50.3. The van der Waals surface area contributed by atoms with Gasteiger partial charge in [-0.05, 0) is 101 Å². The Bertz CT molecular complexity index is 1760. The monoisotopic (exact) mass is 960 g/mol. The van der Waals surface area contributed by atoms with Gasteiger partial charge in [-0.15, -0.1) is 0 Å². The number of rotatable bonds is 9. The molecule has 0 radical (unpaired) electrons. The third-order valence-corrected chi connectivity index (χ3v) is 15.0. The average molecular weight is 960 g/mol. The van der Waals surface area contributed by atoms with E-state index in [0.29, 0.717) is 63.4 Å². The Hall–Kier alpha value is -2.96. The molecule has 15 nitrogen and oxygen atoms in total. The minimum absolute atomic E-state index is 0.0219. The Morgan fingerprint density at radius 1 is 0.853 bits per heavy atom. The van der Waals surface area contributed by atoms with Crippen molar-refractivity contribution >= 4 is 23.3 Å². The molecule has 0 amide bonds. The molecule has 0 aromatic carbocycles. The van der Waals surface area contributed by atoms with E-state index in [0.717, 1.165) is 12.0 Å². The Balaban J connectivity index is 1.69. The minimum Gasteiger partial charge on any atom is -0.460 e. The SMILES string of the molecule is CO[C@H]1C[C@@H]2CC[C@@H](C)[C@@](O)(O2)C(=O)C(O)N2CCCC[C@H]2C(=O)O[C@H]([C@@H](C)C[C@@H]2CC[C@@H](OCCO)[C@H](OC)C2)CC(=O)[C@H](C)/C=C(\C)[C@@H](O)[C@@H](OC)C(=O)[C@H](C)C[C@H](C)/C=C/C=C/C=C/1C. The summed E-state index contributed by atoms with van der Waals surface area (Å²) in [6, 6.07) is -1.05. The first-order valence-electron chi connectivity index (χ1n) is 25.1. The number of ketones is 3. The summed E-state index contributed by atoms with van der Waals surface area (Å²) in [7, 11) is 4.61. The lowest BCUT2D eigenvalue weighted by Gasteiger charge is -2.45. The van der Waals surface area contributed by atoms with E-state index in [9.17, 15) is 39.6 Å². The first-order valence-corrected chi connectivity index (χ1v) is 25.1. The van der Waals surface area contributed by atoms with Crippen LogP contribution in [0.1, 0.15) is 126 Å². The predicted molar refractivity (Wildman–Crippen MR) is 257 cm³/mol. The second-order valence-corrected chi connectivity index (χ2v) is 20.3. The number of esters is 1. The molecule has 0 aromatic heterocycles. The summed E-state index contributed by atoms with van der Waals surface area (Å²) in [5, 5.41) is 44.7. The molecule has 0 spiro atoms. The summed E-state index contributed by atoms with van der Waals surface area (Å²) in [5.74, 6) is -6.43. The molecule has 4 N–H and O–H groups in total. The number of allylic oxidation sites excluding steroid dienone is 6. The maximum atomic E-state index is 14.5. The van der Waals surface area contributed by atoms with Crippen molar-refractivity contribution in [2.75, 3.05) is 41.1 Å². The van der Waals surface area contributed by atoms with Crippen LogP contribution in [-0.4, -0.2) is 151 Å². The van der Waals surface area contributed by atoms with Gasteiger partial charge in [0.25, 0.3) is 0 Å². The van der Waals surface area contributed by atoms with Gasteiger partial charge < -0.3 is 48.8 Å². The van der Waals surface area contributed by atoms with Gasteiger partial charge in [0.05, 0.1) is 37.6 Å². The van der Waals surface area contributed by atoms with Gasteiger partial charge in [0.2, 0.25) is 11.6 Å². The zero-order valence-electron chi connectivity index (χ0n) is 42.5. The summed E-state index contributed by atoms with van der Waals surface area (Å²) < 4.78 is 35.7. The summed E-state index contributed by atoms with van der Waals surface area (Å²) in [6.07, 6.45) is 10.6. The van der Waals surface area contributed by atoms with Crippen LogP contribution in [-0.2, 0) is 47.6 Å². The fourth-order valence-electron chi connectivity index (χ4n) is 10.6. The molecule has 68 heavy (non-hydrogen) atoms. The number of fused-ring (bicyclic) bond motifs is 3. The van der Waals surface area contributed by atoms with Crippen LogP contribution < -0.4 is 0 Å². The number of Topliss-reactive ketones (excluding diaryl/α,β-unsaturated/α-hetero) is 3. The van der Waals surface area contributed by atoms with Crippen molar-refractivity contribution in [2.45, 2.75) is 186 Å². The van der Waals surface area contributed by atoms with E-state index in [-0.39, 0.29) is 74.1 Å². The minimum atomic E-state index is -2.33. The molecule has 3 fully saturated rings. The number of aliphatic hydroxyl groups excluding tert-OH is 3. The molecule has 3 heterocycles. The lowest BCUT2D eigenvalue weighted by Crippen LogP contribution is -2.62. The Morgan fingerprint density at radius 3 is 2.26 bits per heavy atom. The molecular weight excluding hydrogens is 875 g/mol. The lowest BCUT2D eigenvalue weighted by atomic mass is 9.78. The summed E-state index contributed by atoms with van der Waals surface area (Å²) in [5.41, 5.74) is 1.29. The highest BCUT2D eigenvalue weighted by atomic mass is 16.6. The van der Waals surface area contributed by atoms with E-state index in [1.807, 2.05) is 58.1 Å². The molecule has 15 heteroatoms. The first-order chi connectivity index (χ1) is 32.3. The van der Waals surface area contributed by atoms with Crippen LogP contribution >= 0.6 is 0 Å². The first kappa shape index (κ1) is 57.6. The highest BCUT2D eigenvalue weighted by Gasteiger charge is 2.53. The molecular formula is C53H85NO14. The highest BCUT2D eigenvalue weighted by molar-refractivity contribution is 5.90.